The summed E-state index contributed by atoms with van der Waals surface area (Å²) in [5.41, 5.74) is 0.657. The molecule has 0 aromatic heterocycles. The van der Waals surface area contributed by atoms with E-state index in [2.05, 4.69) is 0 Å². The molecular formula is C6H12O2S. The summed E-state index contributed by atoms with van der Waals surface area (Å²) in [4.78, 5) is 0. The van der Waals surface area contributed by atoms with Crippen molar-refractivity contribution in [2.45, 2.75) is 24.7 Å². The van der Waals surface area contributed by atoms with E-state index in [-0.39, 0.29) is 0 Å². The number of rotatable bonds is 4. The summed E-state index contributed by atoms with van der Waals surface area (Å²) in [7, 11) is 0. The Morgan fingerprint density at radius 2 is 1.56 bits per heavy atom. The molecule has 0 radical (unpaired) electrons. The van der Waals surface area contributed by atoms with Gasteiger partial charge in [-0.05, 0) is 13.8 Å². The highest BCUT2D eigenvalue weighted by Gasteiger charge is 2.40. The highest BCUT2D eigenvalue weighted by Crippen LogP contribution is 2.42. The Morgan fingerprint density at radius 3 is 1.89 bits per heavy atom. The van der Waals surface area contributed by atoms with Crippen molar-refractivity contribution in [1.29, 1.82) is 0 Å². The van der Waals surface area contributed by atoms with Crippen LogP contribution in [-0.2, 0) is 9.47 Å². The average Bonchev–Trinajstić information content (AvgIpc) is 2.50. The second-order valence-electron chi connectivity index (χ2n) is 1.78. The molecule has 0 amide bonds. The third-order valence-corrected chi connectivity index (χ3v) is 2.06. The van der Waals surface area contributed by atoms with Crippen LogP contribution in [-0.4, -0.2) is 24.1 Å². The van der Waals surface area contributed by atoms with E-state index in [0.29, 0.717) is 10.9 Å². The molecule has 1 heterocycles. The van der Waals surface area contributed by atoms with E-state index in [1.54, 1.807) is 11.8 Å². The Hall–Kier alpha value is 0.270. The molecule has 1 rings (SSSR count). The molecule has 0 bridgehead atoms. The summed E-state index contributed by atoms with van der Waals surface area (Å²) in [5.74, 6) is 0. The lowest BCUT2D eigenvalue weighted by Gasteiger charge is -1.95. The molecular weight excluding hydrogens is 136 g/mol. The topological polar surface area (TPSA) is 18.5 Å². The van der Waals surface area contributed by atoms with Crippen LogP contribution in [0.15, 0.2) is 0 Å². The van der Waals surface area contributed by atoms with Crippen molar-refractivity contribution < 1.29 is 9.47 Å². The second kappa shape index (κ2) is 3.44. The zero-order chi connectivity index (χ0) is 6.69. The normalized spacial score (nSPS) is 32.7. The van der Waals surface area contributed by atoms with Gasteiger partial charge in [0.2, 0.25) is 0 Å². The fraction of sp³-hybridized carbons (Fsp3) is 1.00. The quantitative estimate of drug-likeness (QED) is 0.562. The van der Waals surface area contributed by atoms with Crippen LogP contribution in [0.4, 0.5) is 0 Å². The third kappa shape index (κ3) is 2.16. The van der Waals surface area contributed by atoms with Crippen molar-refractivity contribution in [2.24, 2.45) is 0 Å². The van der Waals surface area contributed by atoms with Gasteiger partial charge in [-0.2, -0.15) is 0 Å². The Morgan fingerprint density at radius 1 is 1.11 bits per heavy atom. The van der Waals surface area contributed by atoms with Crippen LogP contribution in [0.25, 0.3) is 0 Å². The molecule has 54 valence electrons. The SMILES string of the molecule is CCOC1SC1OCC. The minimum absolute atomic E-state index is 0.329. The molecule has 2 unspecified atom stereocenters. The van der Waals surface area contributed by atoms with Crippen LogP contribution >= 0.6 is 11.8 Å². The summed E-state index contributed by atoms with van der Waals surface area (Å²) in [6, 6.07) is 0. The molecule has 0 aromatic rings. The van der Waals surface area contributed by atoms with Gasteiger partial charge >= 0.3 is 0 Å². The van der Waals surface area contributed by atoms with Crippen LogP contribution in [0, 0.1) is 0 Å². The highest BCUT2D eigenvalue weighted by atomic mass is 32.2. The first-order valence-corrected chi connectivity index (χ1v) is 4.21. The molecule has 2 atom stereocenters. The molecule has 0 aromatic carbocycles. The maximum atomic E-state index is 5.26. The maximum absolute atomic E-state index is 5.26. The van der Waals surface area contributed by atoms with Crippen LogP contribution < -0.4 is 0 Å². The van der Waals surface area contributed by atoms with Gasteiger partial charge in [0.15, 0.2) is 0 Å². The third-order valence-electron chi connectivity index (χ3n) is 1.08. The molecule has 0 saturated carbocycles. The molecule has 1 aliphatic rings. The number of thioether (sulfide) groups is 1. The minimum Gasteiger partial charge on any atom is -0.364 e. The Balaban J connectivity index is 1.96. The Bertz CT molecular complexity index is 77.1. The molecule has 1 saturated heterocycles. The van der Waals surface area contributed by atoms with E-state index in [9.17, 15) is 0 Å². The van der Waals surface area contributed by atoms with Gasteiger partial charge in [-0.25, -0.2) is 0 Å². The average molecular weight is 148 g/mol. The van der Waals surface area contributed by atoms with Crippen molar-refractivity contribution in [1.82, 2.24) is 0 Å². The van der Waals surface area contributed by atoms with E-state index in [1.165, 1.54) is 0 Å². The van der Waals surface area contributed by atoms with Gasteiger partial charge < -0.3 is 9.47 Å². The van der Waals surface area contributed by atoms with Crippen LogP contribution in [0.1, 0.15) is 13.8 Å². The van der Waals surface area contributed by atoms with Gasteiger partial charge in [0.1, 0.15) is 10.9 Å². The van der Waals surface area contributed by atoms with E-state index < -0.39 is 0 Å². The predicted molar refractivity (Wildman–Crippen MR) is 38.4 cm³/mol. The Labute approximate surface area is 59.9 Å². The summed E-state index contributed by atoms with van der Waals surface area (Å²) in [6.07, 6.45) is 0. The van der Waals surface area contributed by atoms with Crippen molar-refractivity contribution in [3.8, 4) is 0 Å². The fourth-order valence-corrected chi connectivity index (χ4v) is 1.41. The predicted octanol–water partition coefficient (Wildman–Crippen LogP) is 1.46. The summed E-state index contributed by atoms with van der Waals surface area (Å²) < 4.78 is 10.5. The molecule has 0 N–H and O–H groups in total. The van der Waals surface area contributed by atoms with Crippen LogP contribution in [0.2, 0.25) is 0 Å². The molecule has 1 fully saturated rings. The highest BCUT2D eigenvalue weighted by molar-refractivity contribution is 8.07. The van der Waals surface area contributed by atoms with E-state index in [1.807, 2.05) is 13.8 Å². The smallest absolute Gasteiger partial charge is 0.141 e. The van der Waals surface area contributed by atoms with Crippen molar-refractivity contribution in [3.63, 3.8) is 0 Å². The minimum atomic E-state index is 0.329. The lowest BCUT2D eigenvalue weighted by Crippen LogP contribution is -2.02. The Kier molecular flexibility index (Phi) is 2.82. The summed E-state index contributed by atoms with van der Waals surface area (Å²) in [5, 5.41) is 0. The lowest BCUT2D eigenvalue weighted by molar-refractivity contribution is 0.0535. The van der Waals surface area contributed by atoms with E-state index >= 15 is 0 Å². The first kappa shape index (κ1) is 7.38. The molecule has 0 spiro atoms. The largest absolute Gasteiger partial charge is 0.364 e. The van der Waals surface area contributed by atoms with Gasteiger partial charge in [0.05, 0.1) is 0 Å². The summed E-state index contributed by atoms with van der Waals surface area (Å²) >= 11 is 1.74. The van der Waals surface area contributed by atoms with Gasteiger partial charge in [-0.15, -0.1) is 0 Å². The zero-order valence-corrected chi connectivity index (χ0v) is 6.61. The van der Waals surface area contributed by atoms with Gasteiger partial charge in [0.25, 0.3) is 0 Å². The van der Waals surface area contributed by atoms with Gasteiger partial charge in [-0.3, -0.25) is 0 Å². The van der Waals surface area contributed by atoms with Crippen molar-refractivity contribution >= 4 is 11.8 Å². The van der Waals surface area contributed by atoms with Crippen molar-refractivity contribution in [3.05, 3.63) is 0 Å². The van der Waals surface area contributed by atoms with Gasteiger partial charge in [-0.1, -0.05) is 11.8 Å². The monoisotopic (exact) mass is 148 g/mol. The molecule has 0 aliphatic carbocycles. The maximum Gasteiger partial charge on any atom is 0.141 e. The summed E-state index contributed by atoms with van der Waals surface area (Å²) in [6.45, 7) is 5.59. The van der Waals surface area contributed by atoms with Crippen LogP contribution in [0.3, 0.4) is 0 Å². The first-order valence-electron chi connectivity index (χ1n) is 3.27. The molecule has 3 heteroatoms. The fourth-order valence-electron chi connectivity index (χ4n) is 0.651. The molecule has 1 aliphatic heterocycles. The zero-order valence-electron chi connectivity index (χ0n) is 5.79. The second-order valence-corrected chi connectivity index (χ2v) is 2.98. The number of hydrogen-bond acceptors (Lipinski definition) is 3. The van der Waals surface area contributed by atoms with Crippen molar-refractivity contribution in [2.75, 3.05) is 13.2 Å². The van der Waals surface area contributed by atoms with E-state index in [4.69, 9.17) is 9.47 Å². The van der Waals surface area contributed by atoms with Gasteiger partial charge in [0, 0.05) is 13.2 Å². The molecule has 9 heavy (non-hydrogen) atoms. The van der Waals surface area contributed by atoms with E-state index in [0.717, 1.165) is 13.2 Å². The number of hydrogen-bond donors (Lipinski definition) is 0. The standard InChI is InChI=1S/C6H12O2S/c1-3-7-5-6(9-5)8-4-2/h5-6H,3-4H2,1-2H3. The molecule has 2 nitrogen and oxygen atoms in total. The first-order chi connectivity index (χ1) is 4.38. The number of ether oxygens (including phenoxy) is 2. The lowest BCUT2D eigenvalue weighted by atomic mass is 10.7. The van der Waals surface area contributed by atoms with Crippen LogP contribution in [0.5, 0.6) is 0 Å².